The number of thiophene rings is 1. The van der Waals surface area contributed by atoms with E-state index in [0.29, 0.717) is 0 Å². The molecule has 0 nitrogen and oxygen atoms in total. The van der Waals surface area contributed by atoms with Crippen molar-refractivity contribution in [2.24, 2.45) is 0 Å². The van der Waals surface area contributed by atoms with Gasteiger partial charge in [-0.15, -0.1) is 11.3 Å². The minimum Gasteiger partial charge on any atom is -0.122 e. The van der Waals surface area contributed by atoms with Gasteiger partial charge in [-0.25, -0.2) is 0 Å². The lowest BCUT2D eigenvalue weighted by atomic mass is 9.74. The molecule has 0 amide bonds. The molecule has 0 fully saturated rings. The van der Waals surface area contributed by atoms with Gasteiger partial charge in [0.2, 0.25) is 0 Å². The first-order valence-corrected chi connectivity index (χ1v) is 7.40. The summed E-state index contributed by atoms with van der Waals surface area (Å²) >= 11 is 6.97. The van der Waals surface area contributed by atoms with E-state index in [-0.39, 0.29) is 0 Å². The number of hydrogen-bond donors (Lipinski definition) is 0. The largest absolute Gasteiger partial charge is 0.122 e. The van der Waals surface area contributed by atoms with Crippen molar-refractivity contribution in [1.29, 1.82) is 0 Å². The predicted octanol–water partition coefficient (Wildman–Crippen LogP) is 4.49. The number of halogens is 2. The molecule has 0 spiro atoms. The molecule has 3 aliphatic rings. The van der Waals surface area contributed by atoms with Crippen LogP contribution >= 0.6 is 56.5 Å². The van der Waals surface area contributed by atoms with Crippen molar-refractivity contribution in [1.82, 2.24) is 0 Å². The van der Waals surface area contributed by atoms with Gasteiger partial charge in [0.25, 0.3) is 0 Å². The fraction of sp³-hybridized carbons (Fsp3) is 0.400. The number of rotatable bonds is 0. The topological polar surface area (TPSA) is 0 Å². The minimum absolute atomic E-state index is 0.742. The summed E-state index contributed by atoms with van der Waals surface area (Å²) in [6, 6.07) is 0. The van der Waals surface area contributed by atoms with Crippen LogP contribution in [0.1, 0.15) is 35.8 Å². The van der Waals surface area contributed by atoms with Crippen LogP contribution in [0.15, 0.2) is 12.2 Å². The van der Waals surface area contributed by atoms with Crippen LogP contribution in [0.25, 0.3) is 0 Å². The molecule has 2 unspecified atom stereocenters. The lowest BCUT2D eigenvalue weighted by molar-refractivity contribution is 0.553. The van der Waals surface area contributed by atoms with Crippen molar-refractivity contribution in [3.8, 4) is 0 Å². The monoisotopic (exact) mass is 414 g/mol. The fourth-order valence-corrected chi connectivity index (χ4v) is 7.26. The van der Waals surface area contributed by atoms with E-state index in [1.54, 1.807) is 11.1 Å². The summed E-state index contributed by atoms with van der Waals surface area (Å²) in [5.41, 5.74) is 3.32. The van der Waals surface area contributed by atoms with Crippen LogP contribution < -0.4 is 0 Å². The second-order valence-corrected chi connectivity index (χ2v) is 8.29. The molecule has 0 saturated carbocycles. The molecule has 2 bridgehead atoms. The van der Waals surface area contributed by atoms with Gasteiger partial charge in [-0.05, 0) is 69.2 Å². The van der Waals surface area contributed by atoms with E-state index in [0.717, 1.165) is 11.8 Å². The summed E-state index contributed by atoms with van der Waals surface area (Å²) in [6.07, 6.45) is 7.58. The molecule has 4 rings (SSSR count). The van der Waals surface area contributed by atoms with Gasteiger partial charge < -0.3 is 0 Å². The van der Waals surface area contributed by atoms with Gasteiger partial charge in [0.05, 0.1) is 5.77 Å². The average molecular weight is 414 g/mol. The number of fused-ring (bicyclic) bond motifs is 1. The normalized spacial score (nSPS) is 29.4. The van der Waals surface area contributed by atoms with Crippen molar-refractivity contribution in [3.05, 3.63) is 29.0 Å². The van der Waals surface area contributed by atoms with Crippen molar-refractivity contribution in [2.45, 2.75) is 24.7 Å². The molecule has 0 N–H and O–H groups in total. The highest BCUT2D eigenvalue weighted by Gasteiger charge is 2.33. The quantitative estimate of drug-likeness (QED) is 0.434. The zero-order valence-corrected chi connectivity index (χ0v) is 12.0. The van der Waals surface area contributed by atoms with E-state index >= 15 is 0 Å². The molecule has 3 heteroatoms. The van der Waals surface area contributed by atoms with E-state index in [2.05, 4.69) is 57.3 Å². The molecule has 0 aromatic carbocycles. The van der Waals surface area contributed by atoms with Crippen LogP contribution in [0.3, 0.4) is 0 Å². The second kappa shape index (κ2) is 3.20. The van der Waals surface area contributed by atoms with Crippen molar-refractivity contribution in [2.75, 3.05) is 0 Å². The highest BCUT2D eigenvalue weighted by atomic mass is 127. The first-order chi connectivity index (χ1) is 6.27. The summed E-state index contributed by atoms with van der Waals surface area (Å²) in [5.74, 6) is 1.48. The van der Waals surface area contributed by atoms with Crippen molar-refractivity contribution in [3.63, 3.8) is 0 Å². The summed E-state index contributed by atoms with van der Waals surface area (Å²) in [6.45, 7) is 0. The molecular weight excluding hydrogens is 406 g/mol. The molecule has 1 heterocycles. The van der Waals surface area contributed by atoms with Crippen LogP contribution in [0.4, 0.5) is 0 Å². The zero-order valence-electron chi connectivity index (χ0n) is 6.89. The average Bonchev–Trinajstić information content (AvgIpc) is 2.47. The van der Waals surface area contributed by atoms with Crippen LogP contribution in [0.5, 0.6) is 0 Å². The Bertz CT molecular complexity index is 357. The minimum atomic E-state index is 0.742. The van der Waals surface area contributed by atoms with Crippen LogP contribution in [-0.4, -0.2) is 0 Å². The van der Waals surface area contributed by atoms with Crippen LogP contribution in [0.2, 0.25) is 0 Å². The standard InChI is InChI=1S/C10H8I2S/c11-9-7-5-1-2-6(4-3-5)8(7)10(12)13-9/h1-2,5-6H,3-4H2. The molecule has 2 atom stereocenters. The van der Waals surface area contributed by atoms with E-state index in [1.807, 2.05) is 11.3 Å². The molecule has 0 saturated heterocycles. The van der Waals surface area contributed by atoms with E-state index in [1.165, 1.54) is 18.6 Å². The molecule has 13 heavy (non-hydrogen) atoms. The van der Waals surface area contributed by atoms with E-state index in [4.69, 9.17) is 0 Å². The molecule has 3 aliphatic carbocycles. The van der Waals surface area contributed by atoms with Crippen LogP contribution in [0, 0.1) is 5.77 Å². The van der Waals surface area contributed by atoms with Gasteiger partial charge in [-0.2, -0.15) is 0 Å². The molecule has 0 aliphatic heterocycles. The maximum Gasteiger partial charge on any atom is 0.0705 e. The Morgan fingerprint density at radius 3 is 1.85 bits per heavy atom. The SMILES string of the molecule is Ic1sc(I)c2c1C1C=CC2CC1. The smallest absolute Gasteiger partial charge is 0.0705 e. The third kappa shape index (κ3) is 1.26. The Morgan fingerprint density at radius 1 is 1.00 bits per heavy atom. The van der Waals surface area contributed by atoms with Gasteiger partial charge in [-0.1, -0.05) is 12.2 Å². The molecule has 0 radical (unpaired) electrons. The van der Waals surface area contributed by atoms with Crippen molar-refractivity contribution < 1.29 is 0 Å². The number of allylic oxidation sites excluding steroid dienone is 2. The molecule has 68 valence electrons. The Balaban J connectivity index is 2.29. The summed E-state index contributed by atoms with van der Waals surface area (Å²) in [4.78, 5) is 0. The van der Waals surface area contributed by atoms with Gasteiger partial charge in [0.1, 0.15) is 0 Å². The Hall–Kier alpha value is 0.900. The Labute approximate surface area is 109 Å². The predicted molar refractivity (Wildman–Crippen MR) is 73.6 cm³/mol. The van der Waals surface area contributed by atoms with Crippen molar-refractivity contribution >= 4 is 56.5 Å². The Morgan fingerprint density at radius 2 is 1.46 bits per heavy atom. The lowest BCUT2D eigenvalue weighted by Gasteiger charge is -2.31. The van der Waals surface area contributed by atoms with Gasteiger partial charge in [0, 0.05) is 11.8 Å². The summed E-state index contributed by atoms with van der Waals surface area (Å²) < 4.78 is 3.05. The molecule has 1 aromatic heterocycles. The maximum absolute atomic E-state index is 2.50. The zero-order chi connectivity index (χ0) is 9.00. The van der Waals surface area contributed by atoms with Gasteiger partial charge in [0.15, 0.2) is 0 Å². The highest BCUT2D eigenvalue weighted by Crippen LogP contribution is 2.51. The Kier molecular flexibility index (Phi) is 2.25. The highest BCUT2D eigenvalue weighted by molar-refractivity contribution is 14.1. The third-order valence-electron chi connectivity index (χ3n) is 3.00. The fourth-order valence-electron chi connectivity index (χ4n) is 2.39. The van der Waals surface area contributed by atoms with E-state index in [9.17, 15) is 0 Å². The van der Waals surface area contributed by atoms with E-state index < -0.39 is 0 Å². The molecular formula is C10H8I2S. The first kappa shape index (κ1) is 9.15. The first-order valence-electron chi connectivity index (χ1n) is 4.43. The summed E-state index contributed by atoms with van der Waals surface area (Å²) in [5, 5.41) is 0. The van der Waals surface area contributed by atoms with Gasteiger partial charge in [-0.3, -0.25) is 0 Å². The van der Waals surface area contributed by atoms with Crippen LogP contribution in [-0.2, 0) is 0 Å². The summed E-state index contributed by atoms with van der Waals surface area (Å²) in [7, 11) is 0. The third-order valence-corrected chi connectivity index (χ3v) is 6.28. The maximum atomic E-state index is 2.50. The van der Waals surface area contributed by atoms with Gasteiger partial charge >= 0.3 is 0 Å². The number of hydrogen-bond acceptors (Lipinski definition) is 1. The lowest BCUT2D eigenvalue weighted by Crippen LogP contribution is -2.16. The molecule has 1 aromatic rings. The second-order valence-electron chi connectivity index (χ2n) is 3.65.